The molecule has 1 saturated heterocycles. The van der Waals surface area contributed by atoms with Gasteiger partial charge in [0.25, 0.3) is 11.1 Å². The van der Waals surface area contributed by atoms with Crippen molar-refractivity contribution in [3.63, 3.8) is 0 Å². The van der Waals surface area contributed by atoms with Crippen molar-refractivity contribution in [2.24, 2.45) is 0 Å². The maximum absolute atomic E-state index is 12.6. The van der Waals surface area contributed by atoms with Crippen LogP contribution in [-0.2, 0) is 11.3 Å². The second-order valence-corrected chi connectivity index (χ2v) is 7.79. The Balaban J connectivity index is 1.80. The highest BCUT2D eigenvalue weighted by Gasteiger charge is 2.35. The minimum Gasteiger partial charge on any atom is -0.504 e. The zero-order valence-electron chi connectivity index (χ0n) is 13.9. The molecular weight excluding hydrogens is 465 g/mol. The number of hydrogen-bond donors (Lipinski definition) is 1. The van der Waals surface area contributed by atoms with E-state index in [1.165, 1.54) is 11.0 Å². The molecule has 2 aromatic rings. The monoisotopic (exact) mass is 481 g/mol. The van der Waals surface area contributed by atoms with Gasteiger partial charge in [-0.05, 0) is 82.7 Å². The number of nitrogens with zero attached hydrogens (tertiary/aromatic N) is 1. The molecule has 0 aromatic heterocycles. The number of phenolic OH excluding ortho intramolecular Hbond substituents is 1. The van der Waals surface area contributed by atoms with Crippen LogP contribution in [0, 0.1) is 3.57 Å². The number of carbonyl (C=O) groups is 2. The van der Waals surface area contributed by atoms with Crippen molar-refractivity contribution < 1.29 is 19.4 Å². The number of phenols is 1. The fourth-order valence-corrected chi connectivity index (χ4v) is 3.65. The SMILES string of the molecule is CCOc1cc(/C=C2\SC(=O)N(Cc3ccc(I)cc3)C2=O)ccc1O. The number of carbonyl (C=O) groups excluding carboxylic acids is 2. The summed E-state index contributed by atoms with van der Waals surface area (Å²) in [5.74, 6) is 0.0692. The Morgan fingerprint density at radius 1 is 1.19 bits per heavy atom. The number of halogens is 1. The van der Waals surface area contributed by atoms with Gasteiger partial charge in [-0.3, -0.25) is 14.5 Å². The van der Waals surface area contributed by atoms with Gasteiger partial charge >= 0.3 is 0 Å². The number of aromatic hydroxyl groups is 1. The Morgan fingerprint density at radius 3 is 2.62 bits per heavy atom. The van der Waals surface area contributed by atoms with Crippen LogP contribution in [0.4, 0.5) is 4.79 Å². The summed E-state index contributed by atoms with van der Waals surface area (Å²) in [6, 6.07) is 12.5. The molecule has 1 N–H and O–H groups in total. The highest BCUT2D eigenvalue weighted by molar-refractivity contribution is 14.1. The van der Waals surface area contributed by atoms with Crippen molar-refractivity contribution in [3.05, 3.63) is 62.1 Å². The molecule has 1 aliphatic heterocycles. The Kier molecular flexibility index (Phi) is 5.87. The van der Waals surface area contributed by atoms with Crippen molar-refractivity contribution in [1.29, 1.82) is 0 Å². The molecule has 5 nitrogen and oxygen atoms in total. The van der Waals surface area contributed by atoms with Crippen molar-refractivity contribution in [2.45, 2.75) is 13.5 Å². The number of ether oxygens (including phenoxy) is 1. The van der Waals surface area contributed by atoms with Gasteiger partial charge < -0.3 is 9.84 Å². The number of hydrogen-bond acceptors (Lipinski definition) is 5. The Hall–Kier alpha value is -2.00. The van der Waals surface area contributed by atoms with E-state index in [4.69, 9.17) is 4.74 Å². The van der Waals surface area contributed by atoms with E-state index in [0.29, 0.717) is 22.8 Å². The molecule has 0 spiro atoms. The van der Waals surface area contributed by atoms with Crippen molar-refractivity contribution >= 4 is 51.6 Å². The fourth-order valence-electron chi connectivity index (χ4n) is 2.45. The summed E-state index contributed by atoms with van der Waals surface area (Å²) in [5.41, 5.74) is 1.59. The first-order valence-electron chi connectivity index (χ1n) is 7.93. The molecule has 7 heteroatoms. The third-order valence-corrected chi connectivity index (χ3v) is 5.34. The first-order chi connectivity index (χ1) is 12.5. The number of thioether (sulfide) groups is 1. The molecule has 134 valence electrons. The van der Waals surface area contributed by atoms with Gasteiger partial charge in [0.1, 0.15) is 0 Å². The molecule has 2 amide bonds. The largest absolute Gasteiger partial charge is 0.504 e. The van der Waals surface area contributed by atoms with Gasteiger partial charge in [-0.2, -0.15) is 0 Å². The molecule has 1 aliphatic rings. The summed E-state index contributed by atoms with van der Waals surface area (Å²) in [6.07, 6.45) is 1.64. The number of benzene rings is 2. The highest BCUT2D eigenvalue weighted by Crippen LogP contribution is 2.35. The fraction of sp³-hybridized carbons (Fsp3) is 0.158. The van der Waals surface area contributed by atoms with Crippen LogP contribution in [-0.4, -0.2) is 27.8 Å². The van der Waals surface area contributed by atoms with Gasteiger partial charge in [0.05, 0.1) is 18.1 Å². The Morgan fingerprint density at radius 2 is 1.92 bits per heavy atom. The van der Waals surface area contributed by atoms with E-state index in [1.54, 1.807) is 18.2 Å². The normalized spacial score (nSPS) is 15.8. The molecular formula is C19H16INO4S. The lowest BCUT2D eigenvalue weighted by molar-refractivity contribution is -0.123. The van der Waals surface area contributed by atoms with Crippen molar-refractivity contribution in [3.8, 4) is 11.5 Å². The average molecular weight is 481 g/mol. The van der Waals surface area contributed by atoms with E-state index in [-0.39, 0.29) is 23.4 Å². The van der Waals surface area contributed by atoms with Crippen LogP contribution in [0.3, 0.4) is 0 Å². The summed E-state index contributed by atoms with van der Waals surface area (Å²) < 4.78 is 6.45. The van der Waals surface area contributed by atoms with Crippen molar-refractivity contribution in [1.82, 2.24) is 4.90 Å². The van der Waals surface area contributed by atoms with Gasteiger partial charge in [0, 0.05) is 3.57 Å². The zero-order chi connectivity index (χ0) is 18.7. The second-order valence-electron chi connectivity index (χ2n) is 5.55. The molecule has 0 radical (unpaired) electrons. The van der Waals surface area contributed by atoms with Gasteiger partial charge in [-0.1, -0.05) is 18.2 Å². The molecule has 0 unspecified atom stereocenters. The first-order valence-corrected chi connectivity index (χ1v) is 9.83. The minimum atomic E-state index is -0.315. The van der Waals surface area contributed by atoms with Crippen LogP contribution in [0.15, 0.2) is 47.4 Å². The standard InChI is InChI=1S/C19H16INO4S/c1-2-25-16-9-13(5-8-15(16)22)10-17-18(23)21(19(24)26-17)11-12-3-6-14(20)7-4-12/h3-10,22H,2,11H2,1H3/b17-10-. The molecule has 0 atom stereocenters. The topological polar surface area (TPSA) is 66.8 Å². The molecule has 26 heavy (non-hydrogen) atoms. The predicted octanol–water partition coefficient (Wildman–Crippen LogP) is 4.63. The van der Waals surface area contributed by atoms with Crippen LogP contribution < -0.4 is 4.74 Å². The summed E-state index contributed by atoms with van der Waals surface area (Å²) in [4.78, 5) is 26.4. The van der Waals surface area contributed by atoms with Gasteiger partial charge in [0.2, 0.25) is 0 Å². The van der Waals surface area contributed by atoms with Gasteiger partial charge in [0.15, 0.2) is 11.5 Å². The predicted molar refractivity (Wildman–Crippen MR) is 110 cm³/mol. The molecule has 1 heterocycles. The summed E-state index contributed by atoms with van der Waals surface area (Å²) >= 11 is 3.12. The van der Waals surface area contributed by atoms with Gasteiger partial charge in [-0.15, -0.1) is 0 Å². The van der Waals surface area contributed by atoms with E-state index in [1.807, 2.05) is 31.2 Å². The van der Waals surface area contributed by atoms with Crippen LogP contribution in [0.5, 0.6) is 11.5 Å². The lowest BCUT2D eigenvalue weighted by Crippen LogP contribution is -2.27. The van der Waals surface area contributed by atoms with E-state index < -0.39 is 0 Å². The number of imide groups is 1. The zero-order valence-corrected chi connectivity index (χ0v) is 16.9. The first kappa shape index (κ1) is 18.8. The van der Waals surface area contributed by atoms with E-state index >= 15 is 0 Å². The molecule has 3 rings (SSSR count). The van der Waals surface area contributed by atoms with E-state index in [9.17, 15) is 14.7 Å². The lowest BCUT2D eigenvalue weighted by Gasteiger charge is -2.12. The third-order valence-electron chi connectivity index (χ3n) is 3.71. The second kappa shape index (κ2) is 8.13. The average Bonchev–Trinajstić information content (AvgIpc) is 2.87. The van der Waals surface area contributed by atoms with Crippen LogP contribution in [0.25, 0.3) is 6.08 Å². The van der Waals surface area contributed by atoms with Crippen LogP contribution >= 0.6 is 34.4 Å². The van der Waals surface area contributed by atoms with E-state index in [2.05, 4.69) is 22.6 Å². The summed E-state index contributed by atoms with van der Waals surface area (Å²) in [5, 5.41) is 9.48. The minimum absolute atomic E-state index is 0.0378. The molecule has 1 fully saturated rings. The van der Waals surface area contributed by atoms with Crippen LogP contribution in [0.2, 0.25) is 0 Å². The summed E-state index contributed by atoms with van der Waals surface area (Å²) in [6.45, 7) is 2.49. The van der Waals surface area contributed by atoms with Crippen molar-refractivity contribution in [2.75, 3.05) is 6.61 Å². The maximum atomic E-state index is 12.6. The molecule has 0 bridgehead atoms. The molecule has 2 aromatic carbocycles. The number of amides is 2. The smallest absolute Gasteiger partial charge is 0.293 e. The Bertz CT molecular complexity index is 880. The maximum Gasteiger partial charge on any atom is 0.293 e. The highest BCUT2D eigenvalue weighted by atomic mass is 127. The number of rotatable bonds is 5. The lowest BCUT2D eigenvalue weighted by atomic mass is 10.1. The molecule has 0 saturated carbocycles. The third kappa shape index (κ3) is 4.21. The van der Waals surface area contributed by atoms with Gasteiger partial charge in [-0.25, -0.2) is 0 Å². The summed E-state index contributed by atoms with van der Waals surface area (Å²) in [7, 11) is 0. The van der Waals surface area contributed by atoms with E-state index in [0.717, 1.165) is 20.9 Å². The quantitative estimate of drug-likeness (QED) is 0.499. The van der Waals surface area contributed by atoms with Crippen LogP contribution in [0.1, 0.15) is 18.1 Å². The molecule has 0 aliphatic carbocycles. The Labute approximate surface area is 169 Å².